The van der Waals surface area contributed by atoms with E-state index in [1.807, 2.05) is 32.0 Å². The molecule has 0 bridgehead atoms. The number of para-hydroxylation sites is 2. The molecule has 2 rings (SSSR count). The Hall–Kier alpha value is -2.46. The fraction of sp³-hybridized carbons (Fsp3) is 0.312. The molecule has 0 saturated heterocycles. The average molecular weight is 330 g/mol. The molecule has 2 aromatic rings. The molecule has 23 heavy (non-hydrogen) atoms. The summed E-state index contributed by atoms with van der Waals surface area (Å²) in [6.07, 6.45) is 0. The van der Waals surface area contributed by atoms with E-state index in [2.05, 4.69) is 9.97 Å². The summed E-state index contributed by atoms with van der Waals surface area (Å²) in [5.74, 6) is 1.36. The number of anilines is 1. The standard InChI is InChI=1S/C16H18N4O2S/c1-10(2)23-16-19-12(11(8-17)15(18)20-16)9-22-14-7-5-4-6-13(14)21-3/h4-7,10H,9H2,1-3H3,(H2,18,19,20). The summed E-state index contributed by atoms with van der Waals surface area (Å²) in [4.78, 5) is 8.56. The van der Waals surface area contributed by atoms with Crippen LogP contribution in [0.2, 0.25) is 0 Å². The number of nitrogens with zero attached hydrogens (tertiary/aromatic N) is 3. The minimum absolute atomic E-state index is 0.113. The molecule has 0 aliphatic rings. The topological polar surface area (TPSA) is 94.1 Å². The van der Waals surface area contributed by atoms with Gasteiger partial charge in [-0.05, 0) is 12.1 Å². The second-order valence-electron chi connectivity index (χ2n) is 4.93. The first-order chi connectivity index (χ1) is 11.0. The van der Waals surface area contributed by atoms with Gasteiger partial charge in [-0.15, -0.1) is 0 Å². The second-order valence-corrected chi connectivity index (χ2v) is 6.47. The van der Waals surface area contributed by atoms with Gasteiger partial charge in [-0.2, -0.15) is 5.26 Å². The van der Waals surface area contributed by atoms with Crippen LogP contribution in [0.15, 0.2) is 29.4 Å². The Morgan fingerprint density at radius 2 is 1.96 bits per heavy atom. The van der Waals surface area contributed by atoms with E-state index < -0.39 is 0 Å². The molecule has 0 spiro atoms. The highest BCUT2D eigenvalue weighted by Crippen LogP contribution is 2.28. The zero-order valence-corrected chi connectivity index (χ0v) is 14.1. The van der Waals surface area contributed by atoms with Crippen molar-refractivity contribution in [3.8, 4) is 17.6 Å². The maximum absolute atomic E-state index is 9.27. The van der Waals surface area contributed by atoms with Gasteiger partial charge in [0, 0.05) is 5.25 Å². The van der Waals surface area contributed by atoms with Crippen LogP contribution in [0.5, 0.6) is 11.5 Å². The maximum Gasteiger partial charge on any atom is 0.190 e. The van der Waals surface area contributed by atoms with Crippen molar-refractivity contribution in [1.82, 2.24) is 9.97 Å². The van der Waals surface area contributed by atoms with E-state index in [1.165, 1.54) is 11.8 Å². The number of hydrogen-bond donors (Lipinski definition) is 1. The van der Waals surface area contributed by atoms with Crippen LogP contribution in [0, 0.1) is 11.3 Å². The second kappa shape index (κ2) is 7.70. The Labute approximate surface area is 139 Å². The highest BCUT2D eigenvalue weighted by atomic mass is 32.2. The van der Waals surface area contributed by atoms with Crippen LogP contribution >= 0.6 is 11.8 Å². The predicted octanol–water partition coefficient (Wildman–Crippen LogP) is 3.02. The van der Waals surface area contributed by atoms with E-state index in [0.717, 1.165) is 0 Å². The van der Waals surface area contributed by atoms with E-state index in [4.69, 9.17) is 15.2 Å². The molecule has 120 valence electrons. The van der Waals surface area contributed by atoms with Crippen molar-refractivity contribution in [2.45, 2.75) is 30.9 Å². The van der Waals surface area contributed by atoms with Gasteiger partial charge in [-0.1, -0.05) is 37.7 Å². The fourth-order valence-corrected chi connectivity index (χ4v) is 2.61. The summed E-state index contributed by atoms with van der Waals surface area (Å²) in [7, 11) is 1.57. The molecule has 1 aromatic heterocycles. The largest absolute Gasteiger partial charge is 0.493 e. The number of ether oxygens (including phenoxy) is 2. The molecule has 1 heterocycles. The molecule has 2 N–H and O–H groups in total. The van der Waals surface area contributed by atoms with E-state index in [0.29, 0.717) is 27.6 Å². The molecule has 1 aromatic carbocycles. The molecule has 0 radical (unpaired) electrons. The monoisotopic (exact) mass is 330 g/mol. The molecule has 0 saturated carbocycles. The molecule has 0 fully saturated rings. The lowest BCUT2D eigenvalue weighted by atomic mass is 10.2. The Kier molecular flexibility index (Phi) is 5.66. The van der Waals surface area contributed by atoms with E-state index >= 15 is 0 Å². The van der Waals surface area contributed by atoms with Crippen molar-refractivity contribution in [3.63, 3.8) is 0 Å². The zero-order chi connectivity index (χ0) is 16.8. The third-order valence-corrected chi connectivity index (χ3v) is 3.74. The number of hydrogen-bond acceptors (Lipinski definition) is 7. The van der Waals surface area contributed by atoms with Crippen molar-refractivity contribution in [2.24, 2.45) is 0 Å². The molecule has 0 amide bonds. The minimum Gasteiger partial charge on any atom is -0.493 e. The van der Waals surface area contributed by atoms with Crippen molar-refractivity contribution in [1.29, 1.82) is 5.26 Å². The van der Waals surface area contributed by atoms with Crippen molar-refractivity contribution in [2.75, 3.05) is 12.8 Å². The number of aromatic nitrogens is 2. The van der Waals surface area contributed by atoms with Gasteiger partial charge in [0.25, 0.3) is 0 Å². The maximum atomic E-state index is 9.27. The molecular weight excluding hydrogens is 312 g/mol. The summed E-state index contributed by atoms with van der Waals surface area (Å²) < 4.78 is 11.0. The number of methoxy groups -OCH3 is 1. The Bertz CT molecular complexity index is 729. The van der Waals surface area contributed by atoms with Crippen LogP contribution in [-0.2, 0) is 6.61 Å². The van der Waals surface area contributed by atoms with Crippen LogP contribution in [0.3, 0.4) is 0 Å². The zero-order valence-electron chi connectivity index (χ0n) is 13.2. The first-order valence-corrected chi connectivity index (χ1v) is 7.92. The summed E-state index contributed by atoms with van der Waals surface area (Å²) >= 11 is 1.48. The highest BCUT2D eigenvalue weighted by Gasteiger charge is 2.15. The lowest BCUT2D eigenvalue weighted by Crippen LogP contribution is -2.09. The smallest absolute Gasteiger partial charge is 0.190 e. The van der Waals surface area contributed by atoms with E-state index in [9.17, 15) is 5.26 Å². The summed E-state index contributed by atoms with van der Waals surface area (Å²) in [6, 6.07) is 9.33. The summed E-state index contributed by atoms with van der Waals surface area (Å²) in [5.41, 5.74) is 6.58. The van der Waals surface area contributed by atoms with Gasteiger partial charge in [0.2, 0.25) is 0 Å². The Morgan fingerprint density at radius 1 is 1.26 bits per heavy atom. The number of nitrogens with two attached hydrogens (primary N) is 1. The molecule has 0 unspecified atom stereocenters. The average Bonchev–Trinajstić information content (AvgIpc) is 2.52. The Morgan fingerprint density at radius 3 is 2.57 bits per heavy atom. The summed E-state index contributed by atoms with van der Waals surface area (Å²) in [5, 5.41) is 10.1. The van der Waals surface area contributed by atoms with Gasteiger partial charge in [0.15, 0.2) is 16.7 Å². The van der Waals surface area contributed by atoms with Crippen LogP contribution in [0.4, 0.5) is 5.82 Å². The van der Waals surface area contributed by atoms with Crippen LogP contribution in [0.1, 0.15) is 25.1 Å². The van der Waals surface area contributed by atoms with Crippen molar-refractivity contribution >= 4 is 17.6 Å². The van der Waals surface area contributed by atoms with Gasteiger partial charge in [0.1, 0.15) is 29.8 Å². The van der Waals surface area contributed by atoms with Crippen molar-refractivity contribution < 1.29 is 9.47 Å². The number of benzene rings is 1. The molecule has 0 aliphatic heterocycles. The lowest BCUT2D eigenvalue weighted by molar-refractivity contribution is 0.279. The van der Waals surface area contributed by atoms with Gasteiger partial charge in [-0.3, -0.25) is 0 Å². The van der Waals surface area contributed by atoms with Crippen LogP contribution in [-0.4, -0.2) is 22.3 Å². The molecule has 0 atom stereocenters. The highest BCUT2D eigenvalue weighted by molar-refractivity contribution is 7.99. The first kappa shape index (κ1) is 16.9. The first-order valence-electron chi connectivity index (χ1n) is 7.04. The van der Waals surface area contributed by atoms with Crippen LogP contribution in [0.25, 0.3) is 0 Å². The number of rotatable bonds is 6. The Balaban J connectivity index is 2.27. The fourth-order valence-electron chi connectivity index (χ4n) is 1.88. The van der Waals surface area contributed by atoms with Crippen molar-refractivity contribution in [3.05, 3.63) is 35.5 Å². The van der Waals surface area contributed by atoms with Gasteiger partial charge in [0.05, 0.1) is 7.11 Å². The van der Waals surface area contributed by atoms with Gasteiger partial charge in [-0.25, -0.2) is 9.97 Å². The predicted molar refractivity (Wildman–Crippen MR) is 89.5 cm³/mol. The SMILES string of the molecule is COc1ccccc1OCc1nc(SC(C)C)nc(N)c1C#N. The third kappa shape index (κ3) is 4.27. The number of thioether (sulfide) groups is 1. The molecular formula is C16H18N4O2S. The number of nitrogen functional groups attached to an aromatic ring is 1. The molecule has 6 nitrogen and oxygen atoms in total. The molecule has 0 aliphatic carbocycles. The van der Waals surface area contributed by atoms with E-state index in [-0.39, 0.29) is 18.0 Å². The normalized spacial score (nSPS) is 10.4. The number of nitriles is 1. The van der Waals surface area contributed by atoms with Gasteiger partial charge >= 0.3 is 0 Å². The minimum atomic E-state index is 0.113. The van der Waals surface area contributed by atoms with E-state index in [1.54, 1.807) is 19.2 Å². The summed E-state index contributed by atoms with van der Waals surface area (Å²) in [6.45, 7) is 4.18. The lowest BCUT2D eigenvalue weighted by Gasteiger charge is -2.12. The third-order valence-electron chi connectivity index (χ3n) is 2.88. The quantitative estimate of drug-likeness (QED) is 0.642. The van der Waals surface area contributed by atoms with Gasteiger partial charge < -0.3 is 15.2 Å². The molecule has 7 heteroatoms. The van der Waals surface area contributed by atoms with Crippen LogP contribution < -0.4 is 15.2 Å².